The van der Waals surface area contributed by atoms with E-state index in [-0.39, 0.29) is 27.1 Å². The standard InChI is InChI=1S/C11H5Br2N3O2S/c12-3-1-4-7(17)6-9(14)15-11(19)16-10(6)18-8(4)5(13)2-3/h1-2H,(H3,14,15,16,19). The van der Waals surface area contributed by atoms with Gasteiger partial charge < -0.3 is 15.1 Å². The van der Waals surface area contributed by atoms with Crippen molar-refractivity contribution in [3.63, 3.8) is 0 Å². The second-order valence-electron chi connectivity index (χ2n) is 3.83. The van der Waals surface area contributed by atoms with E-state index in [1.165, 1.54) is 0 Å². The number of fused-ring (bicyclic) bond motifs is 2. The summed E-state index contributed by atoms with van der Waals surface area (Å²) < 4.78 is 7.20. The van der Waals surface area contributed by atoms with E-state index in [1.54, 1.807) is 12.1 Å². The van der Waals surface area contributed by atoms with Crippen molar-refractivity contribution >= 4 is 72.0 Å². The molecule has 0 saturated heterocycles. The highest BCUT2D eigenvalue weighted by Gasteiger charge is 2.14. The SMILES string of the molecule is Nc1[nH]c(=S)nc2oc3c(Br)cc(Br)cc3c(=O)c12. The predicted molar refractivity (Wildman–Crippen MR) is 82.8 cm³/mol. The summed E-state index contributed by atoms with van der Waals surface area (Å²) in [6.07, 6.45) is 0. The Morgan fingerprint density at radius 2 is 2.11 bits per heavy atom. The zero-order valence-electron chi connectivity index (χ0n) is 9.16. The third-order valence-corrected chi connectivity index (χ3v) is 3.85. The number of nitrogens with one attached hydrogen (secondary N) is 1. The van der Waals surface area contributed by atoms with Crippen LogP contribution in [-0.2, 0) is 0 Å². The van der Waals surface area contributed by atoms with E-state index in [0.29, 0.717) is 15.4 Å². The highest BCUT2D eigenvalue weighted by Crippen LogP contribution is 2.29. The van der Waals surface area contributed by atoms with Gasteiger partial charge in [0.25, 0.3) is 0 Å². The van der Waals surface area contributed by atoms with Crippen LogP contribution in [0.15, 0.2) is 30.3 Å². The van der Waals surface area contributed by atoms with Gasteiger partial charge in [-0.05, 0) is 40.3 Å². The Balaban J connectivity index is 2.68. The molecule has 3 N–H and O–H groups in total. The number of hydrogen-bond donors (Lipinski definition) is 2. The second kappa shape index (κ2) is 4.39. The van der Waals surface area contributed by atoms with Crippen LogP contribution in [0.5, 0.6) is 0 Å². The maximum absolute atomic E-state index is 12.4. The molecule has 0 aliphatic carbocycles. The lowest BCUT2D eigenvalue weighted by molar-refractivity contribution is 0.640. The third-order valence-electron chi connectivity index (χ3n) is 2.61. The highest BCUT2D eigenvalue weighted by atomic mass is 79.9. The maximum atomic E-state index is 12.4. The summed E-state index contributed by atoms with van der Waals surface area (Å²) in [4.78, 5) is 19.1. The van der Waals surface area contributed by atoms with Crippen molar-refractivity contribution in [3.05, 3.63) is 36.1 Å². The van der Waals surface area contributed by atoms with Gasteiger partial charge in [-0.3, -0.25) is 4.79 Å². The van der Waals surface area contributed by atoms with Crippen molar-refractivity contribution in [1.29, 1.82) is 0 Å². The van der Waals surface area contributed by atoms with Gasteiger partial charge in [-0.1, -0.05) is 15.9 Å². The summed E-state index contributed by atoms with van der Waals surface area (Å²) in [7, 11) is 0. The molecular formula is C11H5Br2N3O2S. The van der Waals surface area contributed by atoms with Crippen LogP contribution in [0.4, 0.5) is 5.82 Å². The molecule has 19 heavy (non-hydrogen) atoms. The fraction of sp³-hybridized carbons (Fsp3) is 0. The van der Waals surface area contributed by atoms with E-state index in [2.05, 4.69) is 41.8 Å². The number of anilines is 1. The minimum Gasteiger partial charge on any atom is -0.436 e. The zero-order valence-corrected chi connectivity index (χ0v) is 13.1. The van der Waals surface area contributed by atoms with Crippen molar-refractivity contribution in [2.24, 2.45) is 0 Å². The van der Waals surface area contributed by atoms with Crippen LogP contribution in [0.2, 0.25) is 0 Å². The van der Waals surface area contributed by atoms with Gasteiger partial charge in [0.1, 0.15) is 11.2 Å². The monoisotopic (exact) mass is 401 g/mol. The summed E-state index contributed by atoms with van der Waals surface area (Å²) in [5.74, 6) is 0.154. The van der Waals surface area contributed by atoms with E-state index < -0.39 is 0 Å². The Morgan fingerprint density at radius 3 is 2.84 bits per heavy atom. The molecule has 1 aromatic carbocycles. The number of rotatable bonds is 0. The lowest BCUT2D eigenvalue weighted by Gasteiger charge is -2.04. The van der Waals surface area contributed by atoms with Crippen molar-refractivity contribution < 1.29 is 4.42 Å². The fourth-order valence-corrected chi connectivity index (χ4v) is 3.33. The Hall–Kier alpha value is -1.25. The number of nitrogens with zero attached hydrogens (tertiary/aromatic N) is 1. The average molecular weight is 403 g/mol. The summed E-state index contributed by atoms with van der Waals surface area (Å²) in [5, 5.41) is 0.610. The molecular weight excluding hydrogens is 398 g/mol. The number of hydrogen-bond acceptors (Lipinski definition) is 5. The molecule has 0 aliphatic rings. The minimum absolute atomic E-state index is 0.127. The summed E-state index contributed by atoms with van der Waals surface area (Å²) in [6, 6.07) is 3.45. The number of aromatic amines is 1. The molecule has 3 rings (SSSR count). The molecule has 0 radical (unpaired) electrons. The number of aromatic nitrogens is 2. The summed E-state index contributed by atoms with van der Waals surface area (Å²) >= 11 is 11.6. The highest BCUT2D eigenvalue weighted by molar-refractivity contribution is 9.11. The Morgan fingerprint density at radius 1 is 1.37 bits per heavy atom. The Bertz CT molecular complexity index is 948. The van der Waals surface area contributed by atoms with Gasteiger partial charge >= 0.3 is 0 Å². The number of benzene rings is 1. The lowest BCUT2D eigenvalue weighted by Crippen LogP contribution is -2.08. The van der Waals surface area contributed by atoms with Crippen LogP contribution in [0.1, 0.15) is 0 Å². The van der Waals surface area contributed by atoms with E-state index in [1.807, 2.05) is 0 Å². The number of nitrogen functional groups attached to an aromatic ring is 1. The van der Waals surface area contributed by atoms with Crippen LogP contribution >= 0.6 is 44.1 Å². The van der Waals surface area contributed by atoms with Gasteiger partial charge in [0.2, 0.25) is 15.9 Å². The molecule has 2 heterocycles. The number of nitrogens with two attached hydrogens (primary N) is 1. The second-order valence-corrected chi connectivity index (χ2v) is 5.99. The van der Waals surface area contributed by atoms with Gasteiger partial charge in [-0.15, -0.1) is 0 Å². The van der Waals surface area contributed by atoms with Crippen LogP contribution in [0, 0.1) is 4.77 Å². The Kier molecular flexibility index (Phi) is 2.95. The number of H-pyrrole nitrogens is 1. The molecule has 8 heteroatoms. The first-order valence-corrected chi connectivity index (χ1v) is 7.08. The third kappa shape index (κ3) is 1.99. The van der Waals surface area contributed by atoms with Crippen LogP contribution in [-0.4, -0.2) is 9.97 Å². The topological polar surface area (TPSA) is 84.9 Å². The maximum Gasteiger partial charge on any atom is 0.236 e. The van der Waals surface area contributed by atoms with Crippen molar-refractivity contribution in [3.8, 4) is 0 Å². The van der Waals surface area contributed by atoms with Gasteiger partial charge in [0.05, 0.1) is 9.86 Å². The molecule has 0 fully saturated rings. The zero-order chi connectivity index (χ0) is 13.7. The number of halogens is 2. The van der Waals surface area contributed by atoms with E-state index in [0.717, 1.165) is 4.47 Å². The van der Waals surface area contributed by atoms with Gasteiger partial charge in [0.15, 0.2) is 5.58 Å². The first-order valence-electron chi connectivity index (χ1n) is 5.09. The van der Waals surface area contributed by atoms with Gasteiger partial charge in [-0.25, -0.2) is 0 Å². The first-order chi connectivity index (χ1) is 8.97. The average Bonchev–Trinajstić information content (AvgIpc) is 2.30. The van der Waals surface area contributed by atoms with Crippen molar-refractivity contribution in [2.45, 2.75) is 0 Å². The quantitative estimate of drug-likeness (QED) is 0.444. The molecule has 3 aromatic rings. The van der Waals surface area contributed by atoms with Crippen molar-refractivity contribution in [2.75, 3.05) is 5.73 Å². The molecule has 0 bridgehead atoms. The van der Waals surface area contributed by atoms with Crippen molar-refractivity contribution in [1.82, 2.24) is 9.97 Å². The normalized spacial score (nSPS) is 11.3. The molecule has 0 amide bonds. The van der Waals surface area contributed by atoms with Crippen LogP contribution in [0.3, 0.4) is 0 Å². The molecule has 0 unspecified atom stereocenters. The summed E-state index contributed by atoms with van der Waals surface area (Å²) in [5.41, 5.74) is 6.06. The fourth-order valence-electron chi connectivity index (χ4n) is 1.83. The van der Waals surface area contributed by atoms with E-state index in [4.69, 9.17) is 22.4 Å². The first kappa shape index (κ1) is 12.8. The van der Waals surface area contributed by atoms with Crippen LogP contribution < -0.4 is 11.2 Å². The molecule has 0 atom stereocenters. The van der Waals surface area contributed by atoms with Gasteiger partial charge in [0, 0.05) is 4.47 Å². The smallest absolute Gasteiger partial charge is 0.236 e. The van der Waals surface area contributed by atoms with E-state index >= 15 is 0 Å². The Labute approximate surface area is 128 Å². The lowest BCUT2D eigenvalue weighted by atomic mass is 10.2. The van der Waals surface area contributed by atoms with E-state index in [9.17, 15) is 4.79 Å². The molecule has 2 aromatic heterocycles. The molecule has 0 spiro atoms. The molecule has 0 saturated carbocycles. The molecule has 5 nitrogen and oxygen atoms in total. The van der Waals surface area contributed by atoms with Gasteiger partial charge in [-0.2, -0.15) is 4.98 Å². The molecule has 96 valence electrons. The van der Waals surface area contributed by atoms with Crippen LogP contribution in [0.25, 0.3) is 22.1 Å². The minimum atomic E-state index is -0.255. The largest absolute Gasteiger partial charge is 0.436 e. The molecule has 0 aliphatic heterocycles. The predicted octanol–water partition coefficient (Wildman–Crippen LogP) is 3.51. The summed E-state index contributed by atoms with van der Waals surface area (Å²) in [6.45, 7) is 0.